The molecular formula is C17H17BrO2. The fourth-order valence-electron chi connectivity index (χ4n) is 2.82. The molecule has 0 aliphatic carbocycles. The first-order valence-electron chi connectivity index (χ1n) is 6.75. The van der Waals surface area contributed by atoms with Crippen LogP contribution < -0.4 is 4.74 Å². The highest BCUT2D eigenvalue weighted by atomic mass is 79.9. The van der Waals surface area contributed by atoms with E-state index in [1.54, 1.807) is 0 Å². The molecule has 20 heavy (non-hydrogen) atoms. The molecule has 2 atom stereocenters. The zero-order chi connectivity index (χ0) is 14.3. The second-order valence-corrected chi connectivity index (χ2v) is 6.38. The maximum Gasteiger partial charge on any atom is 0.127 e. The third-order valence-electron chi connectivity index (χ3n) is 3.65. The Labute approximate surface area is 127 Å². The van der Waals surface area contributed by atoms with E-state index in [1.807, 2.05) is 18.2 Å². The van der Waals surface area contributed by atoms with Gasteiger partial charge in [0, 0.05) is 16.5 Å². The number of hydrogen-bond donors (Lipinski definition) is 1. The Morgan fingerprint density at radius 3 is 2.50 bits per heavy atom. The molecule has 0 bridgehead atoms. The highest BCUT2D eigenvalue weighted by Gasteiger charge is 2.28. The third kappa shape index (κ3) is 2.60. The maximum atomic E-state index is 10.4. The first kappa shape index (κ1) is 13.7. The Hall–Kier alpha value is -1.32. The predicted molar refractivity (Wildman–Crippen MR) is 83.0 cm³/mol. The smallest absolute Gasteiger partial charge is 0.127 e. The Balaban J connectivity index is 1.96. The van der Waals surface area contributed by atoms with Gasteiger partial charge in [-0.25, -0.2) is 0 Å². The summed E-state index contributed by atoms with van der Waals surface area (Å²) in [5.74, 6) is 0.774. The summed E-state index contributed by atoms with van der Waals surface area (Å²) in [5.41, 5.74) is 4.44. The molecule has 0 aromatic heterocycles. The van der Waals surface area contributed by atoms with Crippen LogP contribution >= 0.6 is 15.9 Å². The summed E-state index contributed by atoms with van der Waals surface area (Å²) in [6, 6.07) is 12.2. The lowest BCUT2D eigenvalue weighted by atomic mass is 9.93. The van der Waals surface area contributed by atoms with E-state index in [1.165, 1.54) is 11.1 Å². The van der Waals surface area contributed by atoms with Gasteiger partial charge in [0.1, 0.15) is 11.9 Å². The first-order chi connectivity index (χ1) is 9.52. The minimum Gasteiger partial charge on any atom is -0.485 e. The van der Waals surface area contributed by atoms with E-state index in [-0.39, 0.29) is 6.10 Å². The van der Waals surface area contributed by atoms with Crippen molar-refractivity contribution in [2.45, 2.75) is 32.5 Å². The summed E-state index contributed by atoms with van der Waals surface area (Å²) in [6.07, 6.45) is 0.0196. The van der Waals surface area contributed by atoms with Gasteiger partial charge in [-0.1, -0.05) is 45.3 Å². The molecule has 0 saturated heterocycles. The number of hydrogen-bond acceptors (Lipinski definition) is 2. The van der Waals surface area contributed by atoms with Crippen LogP contribution in [0.4, 0.5) is 0 Å². The monoisotopic (exact) mass is 332 g/mol. The maximum absolute atomic E-state index is 10.4. The van der Waals surface area contributed by atoms with E-state index in [0.29, 0.717) is 6.42 Å². The first-order valence-corrected chi connectivity index (χ1v) is 7.54. The van der Waals surface area contributed by atoms with Crippen LogP contribution in [0.1, 0.15) is 40.9 Å². The van der Waals surface area contributed by atoms with Crippen molar-refractivity contribution < 1.29 is 9.84 Å². The van der Waals surface area contributed by atoms with Crippen molar-refractivity contribution >= 4 is 15.9 Å². The van der Waals surface area contributed by atoms with Crippen molar-refractivity contribution in [2.24, 2.45) is 0 Å². The Kier molecular flexibility index (Phi) is 3.57. The standard InChI is InChI=1S/C17H17BrO2/c1-10-5-11(2)7-12(6-10)17-9-15(19)14-8-13(18)3-4-16(14)20-17/h3-8,15,17,19H,9H2,1-2H3/t15-,17?/m0/s1. The molecule has 104 valence electrons. The molecular weight excluding hydrogens is 316 g/mol. The lowest BCUT2D eigenvalue weighted by Gasteiger charge is -2.30. The highest BCUT2D eigenvalue weighted by Crippen LogP contribution is 2.42. The van der Waals surface area contributed by atoms with Crippen molar-refractivity contribution in [1.82, 2.24) is 0 Å². The van der Waals surface area contributed by atoms with Crippen molar-refractivity contribution in [3.8, 4) is 5.75 Å². The van der Waals surface area contributed by atoms with Gasteiger partial charge >= 0.3 is 0 Å². The van der Waals surface area contributed by atoms with Crippen LogP contribution in [0.25, 0.3) is 0 Å². The number of aliphatic hydroxyl groups is 1. The van der Waals surface area contributed by atoms with Crippen LogP contribution in [0.2, 0.25) is 0 Å². The summed E-state index contributed by atoms with van der Waals surface area (Å²) in [6.45, 7) is 4.17. The molecule has 3 rings (SSSR count). The molecule has 0 amide bonds. The summed E-state index contributed by atoms with van der Waals surface area (Å²) in [5, 5.41) is 10.4. The van der Waals surface area contributed by atoms with Crippen molar-refractivity contribution in [1.29, 1.82) is 0 Å². The summed E-state index contributed by atoms with van der Waals surface area (Å²) < 4.78 is 7.03. The summed E-state index contributed by atoms with van der Waals surface area (Å²) in [7, 11) is 0. The van der Waals surface area contributed by atoms with E-state index in [2.05, 4.69) is 48.0 Å². The lowest BCUT2D eigenvalue weighted by Crippen LogP contribution is -2.19. The largest absolute Gasteiger partial charge is 0.485 e. The quantitative estimate of drug-likeness (QED) is 0.825. The van der Waals surface area contributed by atoms with Gasteiger partial charge in [-0.2, -0.15) is 0 Å². The fraction of sp³-hybridized carbons (Fsp3) is 0.294. The molecule has 0 fully saturated rings. The molecule has 1 unspecified atom stereocenters. The minimum atomic E-state index is -0.484. The molecule has 2 aromatic carbocycles. The van der Waals surface area contributed by atoms with E-state index in [9.17, 15) is 5.11 Å². The molecule has 0 saturated carbocycles. The highest BCUT2D eigenvalue weighted by molar-refractivity contribution is 9.10. The van der Waals surface area contributed by atoms with Crippen molar-refractivity contribution in [3.05, 3.63) is 63.1 Å². The Morgan fingerprint density at radius 2 is 1.80 bits per heavy atom. The van der Waals surface area contributed by atoms with Gasteiger partial charge in [-0.05, 0) is 37.6 Å². The van der Waals surface area contributed by atoms with Crippen LogP contribution in [-0.4, -0.2) is 5.11 Å². The number of halogens is 1. The zero-order valence-corrected chi connectivity index (χ0v) is 13.1. The van der Waals surface area contributed by atoms with Crippen LogP contribution in [0, 0.1) is 13.8 Å². The molecule has 1 aliphatic heterocycles. The van der Waals surface area contributed by atoms with Crippen LogP contribution in [0.3, 0.4) is 0 Å². The molecule has 0 radical (unpaired) electrons. The van der Waals surface area contributed by atoms with E-state index >= 15 is 0 Å². The van der Waals surface area contributed by atoms with E-state index in [0.717, 1.165) is 21.3 Å². The number of aliphatic hydroxyl groups excluding tert-OH is 1. The van der Waals surface area contributed by atoms with Crippen LogP contribution in [0.5, 0.6) is 5.75 Å². The number of aryl methyl sites for hydroxylation is 2. The molecule has 1 N–H and O–H groups in total. The number of rotatable bonds is 1. The van der Waals surface area contributed by atoms with Gasteiger partial charge in [0.25, 0.3) is 0 Å². The van der Waals surface area contributed by atoms with Gasteiger partial charge in [-0.15, -0.1) is 0 Å². The summed E-state index contributed by atoms with van der Waals surface area (Å²) in [4.78, 5) is 0. The second-order valence-electron chi connectivity index (χ2n) is 5.46. The van der Waals surface area contributed by atoms with Crippen molar-refractivity contribution in [3.63, 3.8) is 0 Å². The minimum absolute atomic E-state index is 0.0859. The normalized spacial score (nSPS) is 21.2. The lowest BCUT2D eigenvalue weighted by molar-refractivity contribution is 0.0656. The van der Waals surface area contributed by atoms with E-state index < -0.39 is 6.10 Å². The Bertz CT molecular complexity index is 631. The van der Waals surface area contributed by atoms with Crippen LogP contribution in [-0.2, 0) is 0 Å². The predicted octanol–water partition coefficient (Wildman–Crippen LogP) is 4.62. The zero-order valence-electron chi connectivity index (χ0n) is 11.6. The van der Waals surface area contributed by atoms with Crippen LogP contribution in [0.15, 0.2) is 40.9 Å². The molecule has 2 aromatic rings. The molecule has 3 heteroatoms. The van der Waals surface area contributed by atoms with Gasteiger partial charge < -0.3 is 9.84 Å². The topological polar surface area (TPSA) is 29.5 Å². The molecule has 0 spiro atoms. The average molecular weight is 333 g/mol. The van der Waals surface area contributed by atoms with Gasteiger partial charge in [0.05, 0.1) is 6.10 Å². The number of fused-ring (bicyclic) bond motifs is 1. The molecule has 2 nitrogen and oxygen atoms in total. The van der Waals surface area contributed by atoms with E-state index in [4.69, 9.17) is 4.74 Å². The third-order valence-corrected chi connectivity index (χ3v) is 4.15. The van der Waals surface area contributed by atoms with Gasteiger partial charge in [-0.3, -0.25) is 0 Å². The fourth-order valence-corrected chi connectivity index (χ4v) is 3.20. The number of ether oxygens (including phenoxy) is 1. The number of benzene rings is 2. The van der Waals surface area contributed by atoms with Gasteiger partial charge in [0.2, 0.25) is 0 Å². The second kappa shape index (κ2) is 5.23. The molecule has 1 aliphatic rings. The summed E-state index contributed by atoms with van der Waals surface area (Å²) >= 11 is 3.43. The van der Waals surface area contributed by atoms with Crippen molar-refractivity contribution in [2.75, 3.05) is 0 Å². The van der Waals surface area contributed by atoms with Gasteiger partial charge in [0.15, 0.2) is 0 Å². The SMILES string of the molecule is Cc1cc(C)cc(C2C[C@H](O)c3cc(Br)ccc3O2)c1. The molecule has 1 heterocycles. The Morgan fingerprint density at radius 1 is 1.10 bits per heavy atom. The average Bonchev–Trinajstić information content (AvgIpc) is 2.38.